The Hall–Kier alpha value is -1.72. The third-order valence-corrected chi connectivity index (χ3v) is 5.25. The summed E-state index contributed by atoms with van der Waals surface area (Å²) in [4.78, 5) is 24.3. The molecular weight excluding hydrogens is 338 g/mol. The molecule has 1 saturated heterocycles. The van der Waals surface area contributed by atoms with Crippen molar-refractivity contribution in [3.63, 3.8) is 0 Å². The van der Waals surface area contributed by atoms with Crippen molar-refractivity contribution in [2.24, 2.45) is 11.3 Å². The molecule has 5 nitrogen and oxygen atoms in total. The number of benzene rings is 1. The van der Waals surface area contributed by atoms with Crippen molar-refractivity contribution in [2.45, 2.75) is 46.1 Å². The molecule has 1 aromatic rings. The number of nitrogens with one attached hydrogen (secondary N) is 2. The van der Waals surface area contributed by atoms with Gasteiger partial charge in [0.05, 0.1) is 6.54 Å². The van der Waals surface area contributed by atoms with Crippen LogP contribution in [0, 0.1) is 18.3 Å². The summed E-state index contributed by atoms with van der Waals surface area (Å²) in [5.41, 5.74) is 2.25. The maximum Gasteiger partial charge on any atom is 0.234 e. The van der Waals surface area contributed by atoms with E-state index in [1.807, 2.05) is 59.0 Å². The highest BCUT2D eigenvalue weighted by Gasteiger charge is 2.51. The van der Waals surface area contributed by atoms with Crippen LogP contribution in [0.25, 0.3) is 0 Å². The van der Waals surface area contributed by atoms with Crippen LogP contribution in [0.2, 0.25) is 0 Å². The average molecular weight is 374 g/mol. The molecule has 1 aliphatic heterocycles. The smallest absolute Gasteiger partial charge is 0.234 e. The van der Waals surface area contributed by atoms with Gasteiger partial charge in [-0.15, -0.1) is 0 Å². The Labute approximate surface area is 163 Å². The van der Waals surface area contributed by atoms with E-state index in [1.165, 1.54) is 12.8 Å². The Balaban J connectivity index is 0.000000244. The topological polar surface area (TPSA) is 61.4 Å². The van der Waals surface area contributed by atoms with Gasteiger partial charge < -0.3 is 10.6 Å². The zero-order chi connectivity index (χ0) is 20.1. The number of hydrogen-bond acceptors (Lipinski definition) is 4. The lowest BCUT2D eigenvalue weighted by atomic mass is 9.57. The number of hydrogen-bond donors (Lipinski definition) is 2. The minimum absolute atomic E-state index is 0.117. The summed E-state index contributed by atoms with van der Waals surface area (Å²) in [5.74, 6) is 1.02. The lowest BCUT2D eigenvalue weighted by molar-refractivity contribution is -0.133. The third-order valence-electron chi connectivity index (χ3n) is 5.25. The van der Waals surface area contributed by atoms with Crippen LogP contribution in [0.3, 0.4) is 0 Å². The molecule has 0 unspecified atom stereocenters. The van der Waals surface area contributed by atoms with E-state index < -0.39 is 0 Å². The second-order valence-electron chi connectivity index (χ2n) is 9.25. The lowest BCUT2D eigenvalue weighted by Crippen LogP contribution is -2.64. The van der Waals surface area contributed by atoms with E-state index in [9.17, 15) is 9.59 Å². The summed E-state index contributed by atoms with van der Waals surface area (Å²) in [6.45, 7) is 11.9. The summed E-state index contributed by atoms with van der Waals surface area (Å²) >= 11 is 0. The lowest BCUT2D eigenvalue weighted by Gasteiger charge is -2.59. The van der Waals surface area contributed by atoms with Gasteiger partial charge in [-0.2, -0.15) is 0 Å². The van der Waals surface area contributed by atoms with Crippen LogP contribution in [-0.2, 0) is 4.79 Å². The molecule has 3 rings (SSSR count). The zero-order valence-electron chi connectivity index (χ0n) is 17.5. The van der Waals surface area contributed by atoms with Crippen molar-refractivity contribution in [2.75, 3.05) is 33.2 Å². The Kier molecular flexibility index (Phi) is 7.18. The highest BCUT2D eigenvalue weighted by Crippen LogP contribution is 2.51. The highest BCUT2D eigenvalue weighted by atomic mass is 16.2. The largest absolute Gasteiger partial charge is 0.350 e. The van der Waals surface area contributed by atoms with Crippen molar-refractivity contribution in [3.05, 3.63) is 35.4 Å². The molecule has 1 aromatic carbocycles. The number of carbonyl (C=O) groups excluding carboxylic acids is 2. The van der Waals surface area contributed by atoms with Crippen molar-refractivity contribution in [1.29, 1.82) is 0 Å². The number of aldehydes is 1. The molecule has 0 radical (unpaired) electrons. The fourth-order valence-corrected chi connectivity index (χ4v) is 4.25. The van der Waals surface area contributed by atoms with Crippen molar-refractivity contribution < 1.29 is 9.59 Å². The summed E-state index contributed by atoms with van der Waals surface area (Å²) in [5, 5.41) is 6.27. The van der Waals surface area contributed by atoms with Gasteiger partial charge in [-0.05, 0) is 71.0 Å². The quantitative estimate of drug-likeness (QED) is 0.779. The van der Waals surface area contributed by atoms with E-state index in [0.717, 1.165) is 43.0 Å². The first kappa shape index (κ1) is 21.6. The van der Waals surface area contributed by atoms with E-state index in [0.29, 0.717) is 12.0 Å². The molecule has 0 aromatic heterocycles. The maximum atomic E-state index is 11.8. The van der Waals surface area contributed by atoms with Gasteiger partial charge in [0.25, 0.3) is 0 Å². The van der Waals surface area contributed by atoms with Gasteiger partial charge in [0.2, 0.25) is 5.91 Å². The molecule has 150 valence electrons. The molecule has 2 N–H and O–H groups in total. The van der Waals surface area contributed by atoms with E-state index in [1.54, 1.807) is 0 Å². The summed E-state index contributed by atoms with van der Waals surface area (Å²) in [7, 11) is 2.02. The standard InChI is InChI=1S/C14H27N3O.C8H8O/c1-13(2,3)16-12(18)8-17-9-14(10-17)5-11(6-14)7-15-4;1-7-4-2-3-5-8(7)6-9/h11,15H,5-10H2,1-4H3,(H,16,18);2-6H,1H3. The van der Waals surface area contributed by atoms with Crippen LogP contribution in [0.1, 0.15) is 49.5 Å². The molecule has 0 atom stereocenters. The molecule has 27 heavy (non-hydrogen) atoms. The van der Waals surface area contributed by atoms with E-state index in [2.05, 4.69) is 15.5 Å². The monoisotopic (exact) mass is 373 g/mol. The number of carbonyl (C=O) groups is 2. The van der Waals surface area contributed by atoms with Crippen molar-refractivity contribution in [1.82, 2.24) is 15.5 Å². The second-order valence-corrected chi connectivity index (χ2v) is 9.25. The molecule has 5 heteroatoms. The van der Waals surface area contributed by atoms with Crippen LogP contribution in [0.5, 0.6) is 0 Å². The van der Waals surface area contributed by atoms with E-state index >= 15 is 0 Å². The first-order valence-electron chi connectivity index (χ1n) is 9.85. The Morgan fingerprint density at radius 2 is 1.89 bits per heavy atom. The highest BCUT2D eigenvalue weighted by molar-refractivity contribution is 5.79. The molecule has 1 saturated carbocycles. The molecule has 0 bridgehead atoms. The van der Waals surface area contributed by atoms with Crippen molar-refractivity contribution in [3.8, 4) is 0 Å². The van der Waals surface area contributed by atoms with E-state index in [-0.39, 0.29) is 11.4 Å². The Morgan fingerprint density at radius 3 is 2.37 bits per heavy atom. The fourth-order valence-electron chi connectivity index (χ4n) is 4.25. The first-order valence-corrected chi connectivity index (χ1v) is 9.85. The summed E-state index contributed by atoms with van der Waals surface area (Å²) in [6, 6.07) is 7.51. The number of amides is 1. The molecule has 1 heterocycles. The van der Waals surface area contributed by atoms with Gasteiger partial charge in [0.15, 0.2) is 0 Å². The van der Waals surface area contributed by atoms with Crippen LogP contribution < -0.4 is 10.6 Å². The van der Waals surface area contributed by atoms with Gasteiger partial charge in [0.1, 0.15) is 6.29 Å². The zero-order valence-corrected chi connectivity index (χ0v) is 17.5. The average Bonchev–Trinajstić information content (AvgIpc) is 2.50. The SMILES string of the molecule is CNCC1CC2(C1)CN(CC(=O)NC(C)(C)C)C2.Cc1ccccc1C=O. The predicted octanol–water partition coefficient (Wildman–Crippen LogP) is 2.64. The molecule has 1 aliphatic carbocycles. The van der Waals surface area contributed by atoms with Gasteiger partial charge in [-0.25, -0.2) is 0 Å². The normalized spacial score (nSPS) is 18.7. The van der Waals surface area contributed by atoms with E-state index in [4.69, 9.17) is 0 Å². The fraction of sp³-hybridized carbons (Fsp3) is 0.636. The number of rotatable bonds is 5. The molecule has 2 fully saturated rings. The van der Waals surface area contributed by atoms with Gasteiger partial charge >= 0.3 is 0 Å². The van der Waals surface area contributed by atoms with Gasteiger partial charge in [-0.1, -0.05) is 24.3 Å². The second kappa shape index (κ2) is 8.98. The van der Waals surface area contributed by atoms with Crippen LogP contribution in [0.4, 0.5) is 0 Å². The predicted molar refractivity (Wildman–Crippen MR) is 110 cm³/mol. The maximum absolute atomic E-state index is 11.8. The number of likely N-dealkylation sites (tertiary alicyclic amines) is 1. The minimum atomic E-state index is -0.117. The third kappa shape index (κ3) is 6.43. The Bertz CT molecular complexity index is 637. The van der Waals surface area contributed by atoms with Gasteiger partial charge in [0, 0.05) is 24.2 Å². The number of aryl methyl sites for hydroxylation is 1. The number of nitrogens with zero attached hydrogens (tertiary/aromatic N) is 1. The van der Waals surface area contributed by atoms with Gasteiger partial charge in [-0.3, -0.25) is 14.5 Å². The Morgan fingerprint density at radius 1 is 1.26 bits per heavy atom. The van der Waals surface area contributed by atoms with Crippen LogP contribution in [0.15, 0.2) is 24.3 Å². The molecular formula is C22H35N3O2. The van der Waals surface area contributed by atoms with Crippen LogP contribution >= 0.6 is 0 Å². The van der Waals surface area contributed by atoms with Crippen molar-refractivity contribution >= 4 is 12.2 Å². The molecule has 1 spiro atoms. The summed E-state index contributed by atoms with van der Waals surface area (Å²) < 4.78 is 0. The minimum Gasteiger partial charge on any atom is -0.350 e. The molecule has 2 aliphatic rings. The van der Waals surface area contributed by atoms with Crippen LogP contribution in [-0.4, -0.2) is 55.9 Å². The molecule has 1 amide bonds. The first-order chi connectivity index (χ1) is 12.7. The summed E-state index contributed by atoms with van der Waals surface area (Å²) in [6.07, 6.45) is 3.55.